The molecule has 1 amide bonds. The zero-order chi connectivity index (χ0) is 14.5. The van der Waals surface area contributed by atoms with Crippen molar-refractivity contribution in [3.63, 3.8) is 0 Å². The van der Waals surface area contributed by atoms with E-state index in [0.717, 1.165) is 22.6 Å². The second-order valence-corrected chi connectivity index (χ2v) is 5.07. The smallest absolute Gasteiger partial charge is 0.220 e. The summed E-state index contributed by atoms with van der Waals surface area (Å²) in [6.07, 6.45) is 1.12. The molecule has 2 aromatic rings. The Morgan fingerprint density at radius 2 is 1.90 bits per heavy atom. The molecule has 20 heavy (non-hydrogen) atoms. The summed E-state index contributed by atoms with van der Waals surface area (Å²) in [4.78, 5) is 11.8. The van der Waals surface area contributed by atoms with E-state index in [1.807, 2.05) is 45.0 Å². The van der Waals surface area contributed by atoms with Gasteiger partial charge in [-0.15, -0.1) is 0 Å². The van der Waals surface area contributed by atoms with Gasteiger partial charge in [0, 0.05) is 18.5 Å². The van der Waals surface area contributed by atoms with Crippen LogP contribution in [-0.4, -0.2) is 11.1 Å². The minimum Gasteiger partial charge on any atom is -0.361 e. The molecular weight excluding hydrogens is 252 g/mol. The average molecular weight is 272 g/mol. The van der Waals surface area contributed by atoms with Gasteiger partial charge < -0.3 is 9.84 Å². The van der Waals surface area contributed by atoms with E-state index in [9.17, 15) is 4.79 Å². The molecule has 0 spiro atoms. The Hall–Kier alpha value is -2.10. The molecule has 0 saturated heterocycles. The van der Waals surface area contributed by atoms with Gasteiger partial charge in [-0.1, -0.05) is 35.0 Å². The molecule has 1 N–H and O–H groups in total. The fourth-order valence-electron chi connectivity index (χ4n) is 2.09. The Labute approximate surface area is 119 Å². The predicted molar refractivity (Wildman–Crippen MR) is 77.3 cm³/mol. The average Bonchev–Trinajstić information content (AvgIpc) is 2.75. The first kappa shape index (κ1) is 14.3. The molecule has 1 aromatic carbocycles. The molecule has 0 aliphatic rings. The quantitative estimate of drug-likeness (QED) is 0.910. The Morgan fingerprint density at radius 3 is 2.50 bits per heavy atom. The van der Waals surface area contributed by atoms with E-state index in [0.29, 0.717) is 19.4 Å². The molecule has 106 valence electrons. The molecule has 1 heterocycles. The summed E-state index contributed by atoms with van der Waals surface area (Å²) >= 11 is 0. The summed E-state index contributed by atoms with van der Waals surface area (Å²) in [7, 11) is 0. The zero-order valence-electron chi connectivity index (χ0n) is 12.2. The number of aryl methyl sites for hydroxylation is 3. The van der Waals surface area contributed by atoms with Gasteiger partial charge >= 0.3 is 0 Å². The summed E-state index contributed by atoms with van der Waals surface area (Å²) < 4.78 is 5.09. The normalized spacial score (nSPS) is 10.6. The molecule has 4 nitrogen and oxygen atoms in total. The lowest BCUT2D eigenvalue weighted by Gasteiger charge is -2.05. The van der Waals surface area contributed by atoms with Crippen molar-refractivity contribution in [2.45, 2.75) is 40.2 Å². The molecule has 0 saturated carbocycles. The van der Waals surface area contributed by atoms with Crippen molar-refractivity contribution < 1.29 is 9.32 Å². The van der Waals surface area contributed by atoms with E-state index in [1.165, 1.54) is 5.56 Å². The predicted octanol–water partition coefficient (Wildman–Crippen LogP) is 2.85. The second kappa shape index (κ2) is 6.37. The number of nitrogens with zero attached hydrogens (tertiary/aromatic N) is 1. The van der Waals surface area contributed by atoms with Gasteiger partial charge in [-0.2, -0.15) is 0 Å². The van der Waals surface area contributed by atoms with Crippen LogP contribution in [-0.2, 0) is 17.8 Å². The van der Waals surface area contributed by atoms with Crippen LogP contribution >= 0.6 is 0 Å². The first-order chi connectivity index (χ1) is 9.56. The molecule has 0 aliphatic carbocycles. The third-order valence-electron chi connectivity index (χ3n) is 3.39. The molecule has 2 rings (SSSR count). The number of rotatable bonds is 5. The Balaban J connectivity index is 1.80. The molecule has 0 fully saturated rings. The van der Waals surface area contributed by atoms with E-state index in [4.69, 9.17) is 4.52 Å². The highest BCUT2D eigenvalue weighted by Gasteiger charge is 2.10. The Morgan fingerprint density at radius 1 is 1.20 bits per heavy atom. The van der Waals surface area contributed by atoms with Crippen molar-refractivity contribution in [3.05, 3.63) is 52.4 Å². The number of carbonyl (C=O) groups excluding carboxylic acids is 1. The number of amides is 1. The van der Waals surface area contributed by atoms with Crippen molar-refractivity contribution in [1.82, 2.24) is 10.5 Å². The van der Waals surface area contributed by atoms with Gasteiger partial charge in [0.2, 0.25) is 5.91 Å². The standard InChI is InChI=1S/C16H20N2O2/c1-11-4-6-14(7-5-11)10-17-16(19)9-8-15-12(2)18-20-13(15)3/h4-7H,8-10H2,1-3H3,(H,17,19). The van der Waals surface area contributed by atoms with Gasteiger partial charge in [-0.05, 0) is 32.8 Å². The minimum atomic E-state index is 0.0468. The van der Waals surface area contributed by atoms with Crippen LogP contribution in [0, 0.1) is 20.8 Å². The van der Waals surface area contributed by atoms with Crippen molar-refractivity contribution >= 4 is 5.91 Å². The van der Waals surface area contributed by atoms with Crippen LogP contribution in [0.1, 0.15) is 34.6 Å². The summed E-state index contributed by atoms with van der Waals surface area (Å²) in [5.74, 6) is 0.847. The zero-order valence-corrected chi connectivity index (χ0v) is 12.2. The SMILES string of the molecule is Cc1ccc(CNC(=O)CCc2c(C)noc2C)cc1. The maximum atomic E-state index is 11.8. The second-order valence-electron chi connectivity index (χ2n) is 5.07. The van der Waals surface area contributed by atoms with E-state index >= 15 is 0 Å². The monoisotopic (exact) mass is 272 g/mol. The van der Waals surface area contributed by atoms with Gasteiger partial charge in [0.05, 0.1) is 5.69 Å². The van der Waals surface area contributed by atoms with Gasteiger partial charge in [-0.25, -0.2) is 0 Å². The summed E-state index contributed by atoms with van der Waals surface area (Å²) in [6.45, 7) is 6.39. The molecule has 0 unspecified atom stereocenters. The van der Waals surface area contributed by atoms with Crippen molar-refractivity contribution in [1.29, 1.82) is 0 Å². The molecule has 1 aromatic heterocycles. The fraction of sp³-hybridized carbons (Fsp3) is 0.375. The Bertz CT molecular complexity index is 566. The summed E-state index contributed by atoms with van der Waals surface area (Å²) in [6, 6.07) is 8.16. The van der Waals surface area contributed by atoms with Crippen LogP contribution in [0.25, 0.3) is 0 Å². The molecular formula is C16H20N2O2. The first-order valence-corrected chi connectivity index (χ1v) is 6.80. The van der Waals surface area contributed by atoms with Crippen molar-refractivity contribution in [2.24, 2.45) is 0 Å². The topological polar surface area (TPSA) is 55.1 Å². The van der Waals surface area contributed by atoms with Crippen LogP contribution < -0.4 is 5.32 Å². The number of carbonyl (C=O) groups is 1. The largest absolute Gasteiger partial charge is 0.361 e. The Kier molecular flexibility index (Phi) is 4.56. The number of hydrogen-bond donors (Lipinski definition) is 1. The summed E-state index contributed by atoms with van der Waals surface area (Å²) in [5, 5.41) is 6.82. The van der Waals surface area contributed by atoms with E-state index in [-0.39, 0.29) is 5.91 Å². The first-order valence-electron chi connectivity index (χ1n) is 6.80. The number of hydrogen-bond acceptors (Lipinski definition) is 3. The minimum absolute atomic E-state index is 0.0468. The molecule has 0 radical (unpaired) electrons. The van der Waals surface area contributed by atoms with Crippen LogP contribution in [0.3, 0.4) is 0 Å². The van der Waals surface area contributed by atoms with Gasteiger partial charge in [0.25, 0.3) is 0 Å². The third-order valence-corrected chi connectivity index (χ3v) is 3.39. The summed E-state index contributed by atoms with van der Waals surface area (Å²) in [5.41, 5.74) is 4.24. The highest BCUT2D eigenvalue weighted by atomic mass is 16.5. The van der Waals surface area contributed by atoms with Gasteiger partial charge in [0.1, 0.15) is 5.76 Å². The van der Waals surface area contributed by atoms with Crippen LogP contribution in [0.4, 0.5) is 0 Å². The van der Waals surface area contributed by atoms with Crippen molar-refractivity contribution in [2.75, 3.05) is 0 Å². The van der Waals surface area contributed by atoms with Crippen LogP contribution in [0.5, 0.6) is 0 Å². The van der Waals surface area contributed by atoms with E-state index in [2.05, 4.69) is 10.5 Å². The van der Waals surface area contributed by atoms with Crippen molar-refractivity contribution in [3.8, 4) is 0 Å². The lowest BCUT2D eigenvalue weighted by Crippen LogP contribution is -2.23. The number of aromatic nitrogens is 1. The molecule has 0 bridgehead atoms. The van der Waals surface area contributed by atoms with Gasteiger partial charge in [-0.3, -0.25) is 4.79 Å². The molecule has 0 atom stereocenters. The number of nitrogens with one attached hydrogen (secondary N) is 1. The lowest BCUT2D eigenvalue weighted by molar-refractivity contribution is -0.121. The molecule has 0 aliphatic heterocycles. The number of benzene rings is 1. The fourth-order valence-corrected chi connectivity index (χ4v) is 2.09. The van der Waals surface area contributed by atoms with E-state index < -0.39 is 0 Å². The third kappa shape index (κ3) is 3.70. The molecule has 4 heteroatoms. The maximum Gasteiger partial charge on any atom is 0.220 e. The van der Waals surface area contributed by atoms with E-state index in [1.54, 1.807) is 0 Å². The van der Waals surface area contributed by atoms with Crippen LogP contribution in [0.15, 0.2) is 28.8 Å². The highest BCUT2D eigenvalue weighted by molar-refractivity contribution is 5.76. The van der Waals surface area contributed by atoms with Gasteiger partial charge in [0.15, 0.2) is 0 Å². The maximum absolute atomic E-state index is 11.8. The van der Waals surface area contributed by atoms with Crippen LogP contribution in [0.2, 0.25) is 0 Å². The highest BCUT2D eigenvalue weighted by Crippen LogP contribution is 2.14. The lowest BCUT2D eigenvalue weighted by atomic mass is 10.1.